The van der Waals surface area contributed by atoms with Crippen molar-refractivity contribution >= 4 is 24.8 Å². The van der Waals surface area contributed by atoms with Gasteiger partial charge in [-0.25, -0.2) is 0 Å². The molecule has 0 fully saturated rings. The van der Waals surface area contributed by atoms with Crippen LogP contribution in [0.4, 0.5) is 17.2 Å². The Kier molecular flexibility index (Phi) is 7.59. The first-order chi connectivity index (χ1) is 18.0. The average Bonchev–Trinajstić information content (AvgIpc) is 2.93. The van der Waals surface area contributed by atoms with Gasteiger partial charge in [-0.15, -0.1) is 0 Å². The Morgan fingerprint density at radius 2 is 1.27 bits per heavy atom. The first-order valence-corrected chi connectivity index (χ1v) is 12.8. The van der Waals surface area contributed by atoms with E-state index >= 15 is 0 Å². The zero-order chi connectivity index (χ0) is 26.3. The molecule has 3 N–H and O–H groups in total. The summed E-state index contributed by atoms with van der Waals surface area (Å²) in [6.07, 6.45) is 0. The van der Waals surface area contributed by atoms with E-state index in [-0.39, 0.29) is 22.8 Å². The van der Waals surface area contributed by atoms with Gasteiger partial charge in [-0.05, 0) is 42.0 Å². The highest BCUT2D eigenvalue weighted by Crippen LogP contribution is 2.47. The summed E-state index contributed by atoms with van der Waals surface area (Å²) in [6.45, 7) is 0. The van der Waals surface area contributed by atoms with Gasteiger partial charge >= 0.3 is 7.59 Å². The molecule has 1 aromatic heterocycles. The van der Waals surface area contributed by atoms with E-state index in [0.29, 0.717) is 28.3 Å². The summed E-state index contributed by atoms with van der Waals surface area (Å²) in [5, 5.41) is 29.0. The molecule has 0 aliphatic heterocycles. The van der Waals surface area contributed by atoms with Crippen LogP contribution in [0.2, 0.25) is 0 Å². The molecule has 0 aliphatic rings. The monoisotopic (exact) mass is 510 g/mol. The predicted molar refractivity (Wildman–Crippen MR) is 144 cm³/mol. The van der Waals surface area contributed by atoms with Crippen molar-refractivity contribution in [2.75, 3.05) is 29.5 Å². The molecule has 37 heavy (non-hydrogen) atoms. The van der Waals surface area contributed by atoms with E-state index in [1.807, 2.05) is 12.1 Å². The topological polar surface area (TPSA) is 132 Å². The van der Waals surface area contributed by atoms with Gasteiger partial charge in [0.2, 0.25) is 5.88 Å². The third-order valence-electron chi connectivity index (χ3n) is 5.34. The van der Waals surface area contributed by atoms with E-state index in [1.54, 1.807) is 79.9 Å². The fourth-order valence-corrected chi connectivity index (χ4v) is 5.33. The van der Waals surface area contributed by atoms with Crippen LogP contribution in [0, 0.1) is 22.7 Å². The Hall–Kier alpha value is -4.98. The molecule has 0 atom stereocenters. The van der Waals surface area contributed by atoms with E-state index in [4.69, 9.17) is 9.47 Å². The van der Waals surface area contributed by atoms with Crippen LogP contribution in [-0.4, -0.2) is 19.2 Å². The normalized spacial score (nSPS) is 10.5. The van der Waals surface area contributed by atoms with Crippen LogP contribution in [0.5, 0.6) is 11.6 Å². The van der Waals surface area contributed by atoms with Crippen molar-refractivity contribution in [2.45, 2.75) is 0 Å². The van der Waals surface area contributed by atoms with E-state index in [2.05, 4.69) is 32.4 Å². The predicted octanol–water partition coefficient (Wildman–Crippen LogP) is 6.25. The van der Waals surface area contributed by atoms with E-state index in [0.717, 1.165) is 0 Å². The molecule has 0 saturated carbocycles. The second-order valence-corrected chi connectivity index (χ2v) is 9.61. The molecule has 3 aromatic carbocycles. The lowest BCUT2D eigenvalue weighted by atomic mass is 9.96. The van der Waals surface area contributed by atoms with Gasteiger partial charge < -0.3 is 19.6 Å². The molecule has 0 aliphatic carbocycles. The highest BCUT2D eigenvalue weighted by molar-refractivity contribution is 7.68. The molecule has 0 unspecified atom stereocenters. The van der Waals surface area contributed by atoms with Crippen LogP contribution in [0.1, 0.15) is 11.1 Å². The minimum atomic E-state index is -3.73. The molecule has 184 valence electrons. The zero-order valence-corrected chi connectivity index (χ0v) is 21.0. The molecule has 10 heteroatoms. The van der Waals surface area contributed by atoms with Crippen molar-refractivity contribution in [1.29, 1.82) is 10.5 Å². The SMILES string of the molecule is COc1ccc(-c2c(C#N)c(NP(=O)(Nc3ccccc3)Nc3ccccc3)nc(OC)c2C#N)cc1. The molecule has 9 nitrogen and oxygen atoms in total. The number of nitrogens with one attached hydrogen (secondary N) is 3. The first-order valence-electron chi connectivity index (χ1n) is 11.1. The Balaban J connectivity index is 1.87. The number of methoxy groups -OCH3 is 2. The molecule has 0 bridgehead atoms. The molecule has 1 heterocycles. The lowest BCUT2D eigenvalue weighted by Crippen LogP contribution is -2.16. The quantitative estimate of drug-likeness (QED) is 0.223. The molecular weight excluding hydrogens is 487 g/mol. The number of para-hydroxylation sites is 2. The van der Waals surface area contributed by atoms with Gasteiger partial charge in [0.15, 0.2) is 5.82 Å². The summed E-state index contributed by atoms with van der Waals surface area (Å²) in [7, 11) is -0.803. The number of benzene rings is 3. The van der Waals surface area contributed by atoms with Crippen molar-refractivity contribution in [3.63, 3.8) is 0 Å². The fraction of sp³-hybridized carbons (Fsp3) is 0.0741. The Labute approximate surface area is 214 Å². The van der Waals surface area contributed by atoms with Crippen LogP contribution >= 0.6 is 7.59 Å². The van der Waals surface area contributed by atoms with Gasteiger partial charge in [0.05, 0.1) is 14.2 Å². The number of hydrogen-bond donors (Lipinski definition) is 3. The number of aromatic nitrogens is 1. The second kappa shape index (κ2) is 11.2. The van der Waals surface area contributed by atoms with Crippen molar-refractivity contribution in [1.82, 2.24) is 4.98 Å². The average molecular weight is 510 g/mol. The van der Waals surface area contributed by atoms with E-state index in [1.165, 1.54) is 7.11 Å². The summed E-state index contributed by atoms with van der Waals surface area (Å²) in [5.74, 6) is 0.587. The lowest BCUT2D eigenvalue weighted by Gasteiger charge is -2.25. The maximum Gasteiger partial charge on any atom is 0.354 e. The molecule has 0 radical (unpaired) electrons. The molecule has 4 aromatic rings. The largest absolute Gasteiger partial charge is 0.497 e. The van der Waals surface area contributed by atoms with Gasteiger partial charge in [-0.1, -0.05) is 48.5 Å². The van der Waals surface area contributed by atoms with Crippen molar-refractivity contribution < 1.29 is 14.0 Å². The molecule has 0 saturated heterocycles. The molecular formula is C27H23N6O3P. The summed E-state index contributed by atoms with van der Waals surface area (Å²) in [5.41, 5.74) is 2.14. The van der Waals surface area contributed by atoms with Crippen molar-refractivity contribution in [2.24, 2.45) is 0 Å². The fourth-order valence-electron chi connectivity index (χ4n) is 3.67. The summed E-state index contributed by atoms with van der Waals surface area (Å²) < 4.78 is 24.9. The van der Waals surface area contributed by atoms with Gasteiger partial charge in [0.1, 0.15) is 29.0 Å². The Morgan fingerprint density at radius 1 is 0.730 bits per heavy atom. The molecule has 0 amide bonds. The Morgan fingerprint density at radius 3 is 1.73 bits per heavy atom. The van der Waals surface area contributed by atoms with Crippen molar-refractivity contribution in [3.05, 3.63) is 96.1 Å². The van der Waals surface area contributed by atoms with E-state index < -0.39 is 7.59 Å². The highest BCUT2D eigenvalue weighted by Gasteiger charge is 2.29. The molecule has 4 rings (SSSR count). The third kappa shape index (κ3) is 5.65. The first kappa shape index (κ1) is 25.1. The van der Waals surface area contributed by atoms with Gasteiger partial charge in [-0.3, -0.25) is 9.65 Å². The number of hydrogen-bond acceptors (Lipinski definition) is 6. The number of ether oxygens (including phenoxy) is 2. The minimum absolute atomic E-state index is 0.0132. The molecule has 0 spiro atoms. The van der Waals surface area contributed by atoms with Gasteiger partial charge in [0, 0.05) is 16.9 Å². The highest BCUT2D eigenvalue weighted by atomic mass is 31.2. The number of rotatable bonds is 9. The third-order valence-corrected chi connectivity index (χ3v) is 7.02. The van der Waals surface area contributed by atoms with Crippen LogP contribution < -0.4 is 24.7 Å². The Bertz CT molecular complexity index is 1470. The minimum Gasteiger partial charge on any atom is -0.497 e. The number of anilines is 3. The zero-order valence-electron chi connectivity index (χ0n) is 20.1. The standard InChI is InChI=1S/C27H23N6O3P/c1-35-22-15-13-19(14-16-22)25-23(17-28)26(30-27(36-2)24(25)18-29)33-37(34,31-20-9-5-3-6-10-20)32-21-11-7-4-8-12-21/h3-16H,1-2H3,(H3,30,31,32,33,34). The van der Waals surface area contributed by atoms with Gasteiger partial charge in [-0.2, -0.15) is 15.5 Å². The lowest BCUT2D eigenvalue weighted by molar-refractivity contribution is 0.397. The summed E-state index contributed by atoms with van der Waals surface area (Å²) in [6, 6.07) is 29.1. The summed E-state index contributed by atoms with van der Waals surface area (Å²) >= 11 is 0. The van der Waals surface area contributed by atoms with Crippen molar-refractivity contribution in [3.8, 4) is 34.9 Å². The maximum atomic E-state index is 14.3. The van der Waals surface area contributed by atoms with Crippen LogP contribution in [0.3, 0.4) is 0 Å². The van der Waals surface area contributed by atoms with Crippen LogP contribution in [0.15, 0.2) is 84.9 Å². The smallest absolute Gasteiger partial charge is 0.354 e. The van der Waals surface area contributed by atoms with Gasteiger partial charge in [0.25, 0.3) is 0 Å². The number of pyridine rings is 1. The van der Waals surface area contributed by atoms with E-state index in [9.17, 15) is 15.1 Å². The van der Waals surface area contributed by atoms with Crippen LogP contribution in [0.25, 0.3) is 11.1 Å². The maximum absolute atomic E-state index is 14.3. The number of nitrogens with zero attached hydrogens (tertiary/aromatic N) is 3. The second-order valence-electron chi connectivity index (χ2n) is 7.72. The summed E-state index contributed by atoms with van der Waals surface area (Å²) in [4.78, 5) is 4.37. The number of nitriles is 2. The van der Waals surface area contributed by atoms with Crippen LogP contribution in [-0.2, 0) is 4.57 Å².